The van der Waals surface area contributed by atoms with E-state index in [9.17, 15) is 4.79 Å². The van der Waals surface area contributed by atoms with E-state index in [4.69, 9.17) is 9.47 Å². The SMILES string of the molecule is C=C[C@@H]1O[C@@H]1CNC(=O)OC(C)(C)C. The molecule has 0 aromatic rings. The first-order valence-corrected chi connectivity index (χ1v) is 4.67. The Morgan fingerprint density at radius 1 is 1.64 bits per heavy atom. The predicted molar refractivity (Wildman–Crippen MR) is 53.1 cm³/mol. The first-order chi connectivity index (χ1) is 6.42. The fourth-order valence-corrected chi connectivity index (χ4v) is 1.03. The Bertz CT molecular complexity index is 232. The fraction of sp³-hybridized carbons (Fsp3) is 0.700. The van der Waals surface area contributed by atoms with Crippen LogP contribution >= 0.6 is 0 Å². The molecule has 1 fully saturated rings. The smallest absolute Gasteiger partial charge is 0.407 e. The predicted octanol–water partition coefficient (Wildman–Crippen LogP) is 1.46. The van der Waals surface area contributed by atoms with Gasteiger partial charge in [-0.25, -0.2) is 4.79 Å². The van der Waals surface area contributed by atoms with E-state index in [1.807, 2.05) is 20.8 Å². The molecule has 80 valence electrons. The molecule has 1 N–H and O–H groups in total. The molecule has 1 rings (SSSR count). The second-order valence-electron chi connectivity index (χ2n) is 4.26. The van der Waals surface area contributed by atoms with Crippen LogP contribution in [0.15, 0.2) is 12.7 Å². The lowest BCUT2D eigenvalue weighted by molar-refractivity contribution is 0.0524. The van der Waals surface area contributed by atoms with Gasteiger partial charge in [0, 0.05) is 0 Å². The second kappa shape index (κ2) is 4.00. The molecule has 1 saturated heterocycles. The van der Waals surface area contributed by atoms with Crippen LogP contribution in [0, 0.1) is 0 Å². The quantitative estimate of drug-likeness (QED) is 0.553. The summed E-state index contributed by atoms with van der Waals surface area (Å²) in [4.78, 5) is 11.2. The van der Waals surface area contributed by atoms with Gasteiger partial charge in [-0.05, 0) is 20.8 Å². The number of hydrogen-bond donors (Lipinski definition) is 1. The lowest BCUT2D eigenvalue weighted by Gasteiger charge is -2.19. The monoisotopic (exact) mass is 199 g/mol. The third kappa shape index (κ3) is 3.79. The van der Waals surface area contributed by atoms with E-state index in [0.29, 0.717) is 6.54 Å². The van der Waals surface area contributed by atoms with Crippen molar-refractivity contribution in [3.8, 4) is 0 Å². The molecule has 0 radical (unpaired) electrons. The second-order valence-corrected chi connectivity index (χ2v) is 4.26. The third-order valence-electron chi connectivity index (χ3n) is 1.70. The largest absolute Gasteiger partial charge is 0.444 e. The summed E-state index contributed by atoms with van der Waals surface area (Å²) in [7, 11) is 0. The molecule has 1 amide bonds. The zero-order chi connectivity index (χ0) is 10.8. The normalized spacial score (nSPS) is 25.4. The van der Waals surface area contributed by atoms with Crippen molar-refractivity contribution in [2.75, 3.05) is 6.54 Å². The molecule has 0 unspecified atom stereocenters. The standard InChI is InChI=1S/C10H17NO3/c1-5-7-8(13-7)6-11-9(12)14-10(2,3)4/h5,7-8H,1,6H2,2-4H3,(H,11,12)/t7-,8+/m0/s1. The van der Waals surface area contributed by atoms with Crippen molar-refractivity contribution in [2.24, 2.45) is 0 Å². The average molecular weight is 199 g/mol. The number of nitrogens with one attached hydrogen (secondary N) is 1. The minimum atomic E-state index is -0.452. The Hall–Kier alpha value is -1.03. The topological polar surface area (TPSA) is 50.9 Å². The van der Waals surface area contributed by atoms with Crippen LogP contribution in [0.3, 0.4) is 0 Å². The van der Waals surface area contributed by atoms with Crippen LogP contribution in [0.25, 0.3) is 0 Å². The van der Waals surface area contributed by atoms with Gasteiger partial charge in [-0.1, -0.05) is 6.08 Å². The lowest BCUT2D eigenvalue weighted by atomic mass is 10.2. The van der Waals surface area contributed by atoms with Crippen LogP contribution in [-0.4, -0.2) is 30.4 Å². The maximum atomic E-state index is 11.2. The Labute approximate surface area is 84.3 Å². The maximum absolute atomic E-state index is 11.2. The van der Waals surface area contributed by atoms with Gasteiger partial charge in [-0.3, -0.25) is 0 Å². The lowest BCUT2D eigenvalue weighted by Crippen LogP contribution is -2.34. The van der Waals surface area contributed by atoms with Gasteiger partial charge in [0.05, 0.1) is 6.54 Å². The number of epoxide rings is 1. The van der Waals surface area contributed by atoms with Crippen molar-refractivity contribution in [2.45, 2.75) is 38.6 Å². The van der Waals surface area contributed by atoms with Gasteiger partial charge < -0.3 is 14.8 Å². The summed E-state index contributed by atoms with van der Waals surface area (Å²) in [5.74, 6) is 0. The Kier molecular flexibility index (Phi) is 3.16. The van der Waals surface area contributed by atoms with E-state index >= 15 is 0 Å². The zero-order valence-corrected chi connectivity index (χ0v) is 8.87. The first kappa shape index (κ1) is 11.0. The van der Waals surface area contributed by atoms with Gasteiger partial charge in [0.1, 0.15) is 17.8 Å². The van der Waals surface area contributed by atoms with E-state index < -0.39 is 11.7 Å². The number of hydrogen-bond acceptors (Lipinski definition) is 3. The zero-order valence-electron chi connectivity index (χ0n) is 8.87. The van der Waals surface area contributed by atoms with Gasteiger partial charge in [0.15, 0.2) is 0 Å². The maximum Gasteiger partial charge on any atom is 0.407 e. The molecule has 4 nitrogen and oxygen atoms in total. The van der Waals surface area contributed by atoms with Crippen molar-refractivity contribution in [1.82, 2.24) is 5.32 Å². The molecule has 0 aromatic heterocycles. The van der Waals surface area contributed by atoms with Gasteiger partial charge in [-0.15, -0.1) is 6.58 Å². The van der Waals surface area contributed by atoms with Crippen LogP contribution < -0.4 is 5.32 Å². The summed E-state index contributed by atoms with van der Waals surface area (Å²) >= 11 is 0. The molecule has 0 spiro atoms. The molecule has 1 heterocycles. The van der Waals surface area contributed by atoms with Gasteiger partial charge in [0.2, 0.25) is 0 Å². The van der Waals surface area contributed by atoms with Crippen molar-refractivity contribution >= 4 is 6.09 Å². The fourth-order valence-electron chi connectivity index (χ4n) is 1.03. The summed E-state index contributed by atoms with van der Waals surface area (Å²) in [5, 5.41) is 2.63. The Morgan fingerprint density at radius 3 is 2.71 bits per heavy atom. The molecule has 0 saturated carbocycles. The molecule has 1 aliphatic rings. The van der Waals surface area contributed by atoms with Crippen LogP contribution in [0.1, 0.15) is 20.8 Å². The Morgan fingerprint density at radius 2 is 2.29 bits per heavy atom. The number of carbonyl (C=O) groups is 1. The molecule has 1 aliphatic heterocycles. The highest BCUT2D eigenvalue weighted by Gasteiger charge is 2.36. The number of ether oxygens (including phenoxy) is 2. The highest BCUT2D eigenvalue weighted by molar-refractivity contribution is 5.67. The molecule has 0 aliphatic carbocycles. The molecular formula is C10H17NO3. The summed E-state index contributed by atoms with van der Waals surface area (Å²) in [6, 6.07) is 0. The molecule has 4 heteroatoms. The summed E-state index contributed by atoms with van der Waals surface area (Å²) < 4.78 is 10.2. The van der Waals surface area contributed by atoms with Crippen molar-refractivity contribution in [3.05, 3.63) is 12.7 Å². The number of amides is 1. The van der Waals surface area contributed by atoms with Crippen LogP contribution in [0.2, 0.25) is 0 Å². The van der Waals surface area contributed by atoms with Crippen molar-refractivity contribution < 1.29 is 14.3 Å². The van der Waals surface area contributed by atoms with E-state index in [-0.39, 0.29) is 12.2 Å². The van der Waals surface area contributed by atoms with Crippen LogP contribution in [0.5, 0.6) is 0 Å². The molecule has 0 aromatic carbocycles. The number of carbonyl (C=O) groups excluding carboxylic acids is 1. The molecule has 2 atom stereocenters. The minimum Gasteiger partial charge on any atom is -0.444 e. The molecule has 0 bridgehead atoms. The van der Waals surface area contributed by atoms with Crippen LogP contribution in [-0.2, 0) is 9.47 Å². The van der Waals surface area contributed by atoms with Gasteiger partial charge in [-0.2, -0.15) is 0 Å². The minimum absolute atomic E-state index is 0.0695. The van der Waals surface area contributed by atoms with Gasteiger partial charge in [0.25, 0.3) is 0 Å². The molecule has 14 heavy (non-hydrogen) atoms. The van der Waals surface area contributed by atoms with E-state index in [1.54, 1.807) is 6.08 Å². The summed E-state index contributed by atoms with van der Waals surface area (Å²) in [6.07, 6.45) is 1.47. The van der Waals surface area contributed by atoms with Gasteiger partial charge >= 0.3 is 6.09 Å². The van der Waals surface area contributed by atoms with Crippen LogP contribution in [0.4, 0.5) is 4.79 Å². The number of alkyl carbamates (subject to hydrolysis) is 1. The highest BCUT2D eigenvalue weighted by Crippen LogP contribution is 2.21. The summed E-state index contributed by atoms with van der Waals surface area (Å²) in [5.41, 5.74) is -0.452. The van der Waals surface area contributed by atoms with E-state index in [0.717, 1.165) is 0 Å². The van der Waals surface area contributed by atoms with E-state index in [1.165, 1.54) is 0 Å². The summed E-state index contributed by atoms with van der Waals surface area (Å²) in [6.45, 7) is 9.55. The first-order valence-electron chi connectivity index (χ1n) is 4.67. The Balaban J connectivity index is 2.13. The van der Waals surface area contributed by atoms with E-state index in [2.05, 4.69) is 11.9 Å². The highest BCUT2D eigenvalue weighted by atomic mass is 16.6. The number of rotatable bonds is 3. The average Bonchev–Trinajstić information content (AvgIpc) is 2.76. The van der Waals surface area contributed by atoms with Crippen molar-refractivity contribution in [3.63, 3.8) is 0 Å². The molecular weight excluding hydrogens is 182 g/mol. The third-order valence-corrected chi connectivity index (χ3v) is 1.70. The van der Waals surface area contributed by atoms with Crippen molar-refractivity contribution in [1.29, 1.82) is 0 Å².